The predicted octanol–water partition coefficient (Wildman–Crippen LogP) is 2.63. The maximum atomic E-state index is 13.7. The van der Waals surface area contributed by atoms with E-state index >= 15 is 0 Å². The minimum absolute atomic E-state index is 0.0806. The molecule has 6 fully saturated rings. The summed E-state index contributed by atoms with van der Waals surface area (Å²) in [7, 11) is 4.50. The molecule has 0 bridgehead atoms. The number of carbonyl (C=O) groups is 1. The molecule has 16 heteroatoms. The van der Waals surface area contributed by atoms with Crippen molar-refractivity contribution >= 4 is 5.97 Å². The van der Waals surface area contributed by atoms with E-state index in [0.29, 0.717) is 19.4 Å². The lowest BCUT2D eigenvalue weighted by molar-refractivity contribution is -0.360. The zero-order chi connectivity index (χ0) is 41.3. The molecule has 0 aromatic rings. The summed E-state index contributed by atoms with van der Waals surface area (Å²) in [4.78, 5) is 13.7. The number of allylic oxidation sites excluding steroid dienone is 1. The Bertz CT molecular complexity index is 1540. The van der Waals surface area contributed by atoms with Crippen LogP contribution in [0, 0.1) is 23.2 Å². The molecule has 8 rings (SSSR count). The van der Waals surface area contributed by atoms with Gasteiger partial charge in [0, 0.05) is 34.7 Å². The largest absolute Gasteiger partial charge is 0.469 e. The lowest BCUT2D eigenvalue weighted by Crippen LogP contribution is -2.62. The first-order valence-corrected chi connectivity index (χ1v) is 21.2. The van der Waals surface area contributed by atoms with Gasteiger partial charge >= 0.3 is 5.97 Å². The summed E-state index contributed by atoms with van der Waals surface area (Å²) in [6, 6.07) is 0. The molecule has 21 atom stereocenters. The fraction of sp³-hybridized carbons (Fsp3) is 0.881. The minimum atomic E-state index is -1.24. The molecule has 2 aliphatic carbocycles. The van der Waals surface area contributed by atoms with Crippen molar-refractivity contribution in [3.05, 3.63) is 23.5 Å². The Morgan fingerprint density at radius 2 is 1.50 bits per heavy atom. The van der Waals surface area contributed by atoms with Gasteiger partial charge in [0.15, 0.2) is 18.9 Å². The first-order chi connectivity index (χ1) is 27.7. The van der Waals surface area contributed by atoms with E-state index in [0.717, 1.165) is 31.3 Å². The minimum Gasteiger partial charge on any atom is -0.469 e. The number of fused-ring (bicyclic) bond motifs is 3. The van der Waals surface area contributed by atoms with Crippen LogP contribution in [0.25, 0.3) is 0 Å². The fourth-order valence-corrected chi connectivity index (χ4v) is 11.3. The molecule has 8 aliphatic rings. The Labute approximate surface area is 340 Å². The molecule has 16 nitrogen and oxygen atoms in total. The van der Waals surface area contributed by atoms with E-state index < -0.39 is 91.8 Å². The van der Waals surface area contributed by atoms with Crippen molar-refractivity contribution in [1.29, 1.82) is 0 Å². The SMILES string of the molecule is COC1CC(OC2C(C)OC(OC3CCC4(C)C(=CCC5C(=O)OC6COC7(C)OC=C(CCC54)C67)C3)C(O)C2OC)OC(C)C1OC1OC(C)C(O)C(OC)C1O. The van der Waals surface area contributed by atoms with Crippen molar-refractivity contribution in [2.75, 3.05) is 27.9 Å². The van der Waals surface area contributed by atoms with Crippen LogP contribution in [0.3, 0.4) is 0 Å². The van der Waals surface area contributed by atoms with Crippen LogP contribution in [0.5, 0.6) is 0 Å². The third kappa shape index (κ3) is 7.60. The maximum Gasteiger partial charge on any atom is 0.309 e. The van der Waals surface area contributed by atoms with Crippen LogP contribution < -0.4 is 0 Å². The molecule has 5 saturated heterocycles. The number of esters is 1. The molecule has 0 aromatic carbocycles. The van der Waals surface area contributed by atoms with Crippen molar-refractivity contribution in [2.24, 2.45) is 23.2 Å². The van der Waals surface area contributed by atoms with Crippen LogP contribution in [-0.2, 0) is 61.6 Å². The van der Waals surface area contributed by atoms with Gasteiger partial charge in [-0.25, -0.2) is 0 Å². The standard InChI is InChI=1S/C42H64O16/c1-19-31(43)36(48-7)32(44)40(53-19)58-34-20(2)52-29(16-27(34)47-6)57-35-21(3)54-39(33(45)37(35)49-8)55-24-13-14-41(4)23(15-24)10-11-25-26(41)12-9-22-17-50-42(5)30(22)28(18-51-42)56-38(25)46/h10,17,19-21,24-37,39-40,43-45H,9,11-16,18H2,1-8H3. The van der Waals surface area contributed by atoms with Gasteiger partial charge in [-0.1, -0.05) is 18.6 Å². The van der Waals surface area contributed by atoms with E-state index in [1.165, 1.54) is 19.8 Å². The molecule has 21 unspecified atom stereocenters. The van der Waals surface area contributed by atoms with Gasteiger partial charge in [0.05, 0.1) is 55.2 Å². The second-order valence-electron chi connectivity index (χ2n) is 18.0. The van der Waals surface area contributed by atoms with Crippen LogP contribution in [0.1, 0.15) is 79.6 Å². The molecule has 3 N–H and O–H groups in total. The summed E-state index contributed by atoms with van der Waals surface area (Å²) in [6.45, 7) is 9.92. The van der Waals surface area contributed by atoms with Crippen molar-refractivity contribution in [3.63, 3.8) is 0 Å². The van der Waals surface area contributed by atoms with Crippen molar-refractivity contribution in [2.45, 2.75) is 184 Å². The van der Waals surface area contributed by atoms with Gasteiger partial charge in [-0.15, -0.1) is 0 Å². The Hall–Kier alpha value is -1.77. The van der Waals surface area contributed by atoms with Gasteiger partial charge in [0.25, 0.3) is 0 Å². The molecule has 0 amide bonds. The monoisotopic (exact) mass is 824 g/mol. The van der Waals surface area contributed by atoms with Gasteiger partial charge in [-0.3, -0.25) is 4.79 Å². The number of hydrogen-bond acceptors (Lipinski definition) is 16. The topological polar surface area (TPSA) is 189 Å². The van der Waals surface area contributed by atoms with E-state index in [4.69, 9.17) is 56.8 Å². The van der Waals surface area contributed by atoms with Crippen molar-refractivity contribution in [1.82, 2.24) is 0 Å². The molecule has 0 radical (unpaired) electrons. The summed E-state index contributed by atoms with van der Waals surface area (Å²) < 4.78 is 72.8. The number of hydrogen-bond donors (Lipinski definition) is 3. The van der Waals surface area contributed by atoms with E-state index in [1.54, 1.807) is 14.0 Å². The Morgan fingerprint density at radius 1 is 0.793 bits per heavy atom. The number of methoxy groups -OCH3 is 3. The highest BCUT2D eigenvalue weighted by molar-refractivity contribution is 5.74. The van der Waals surface area contributed by atoms with E-state index in [1.807, 2.05) is 27.0 Å². The van der Waals surface area contributed by atoms with Crippen molar-refractivity contribution < 1.29 is 77.0 Å². The van der Waals surface area contributed by atoms with Crippen molar-refractivity contribution in [3.8, 4) is 0 Å². The highest BCUT2D eigenvalue weighted by atomic mass is 16.8. The van der Waals surface area contributed by atoms with E-state index in [2.05, 4.69) is 13.0 Å². The zero-order valence-corrected chi connectivity index (χ0v) is 34.9. The number of rotatable bonds is 9. The molecular formula is C42H64O16. The summed E-state index contributed by atoms with van der Waals surface area (Å²) in [5, 5.41) is 32.9. The average Bonchev–Trinajstić information content (AvgIpc) is 3.71. The lowest BCUT2D eigenvalue weighted by atomic mass is 9.55. The normalized spacial score (nSPS) is 51.8. The number of ether oxygens (including phenoxy) is 12. The van der Waals surface area contributed by atoms with Crippen LogP contribution in [-0.4, -0.2) is 153 Å². The first-order valence-electron chi connectivity index (χ1n) is 21.2. The Balaban J connectivity index is 0.881. The molecule has 328 valence electrons. The van der Waals surface area contributed by atoms with Crippen LogP contribution >= 0.6 is 0 Å². The third-order valence-electron chi connectivity index (χ3n) is 14.6. The maximum absolute atomic E-state index is 13.7. The molecule has 1 saturated carbocycles. The van der Waals surface area contributed by atoms with Crippen LogP contribution in [0.15, 0.2) is 23.5 Å². The fourth-order valence-electron chi connectivity index (χ4n) is 11.3. The molecule has 6 heterocycles. The highest BCUT2D eigenvalue weighted by Crippen LogP contribution is 2.57. The Morgan fingerprint density at radius 3 is 2.24 bits per heavy atom. The van der Waals surface area contributed by atoms with Gasteiger partial charge < -0.3 is 72.2 Å². The first kappa shape index (κ1) is 42.9. The number of carbonyl (C=O) groups excluding carboxylic acids is 1. The predicted molar refractivity (Wildman–Crippen MR) is 200 cm³/mol. The van der Waals surface area contributed by atoms with Crippen LogP contribution in [0.2, 0.25) is 0 Å². The van der Waals surface area contributed by atoms with E-state index in [-0.39, 0.29) is 47.8 Å². The molecular weight excluding hydrogens is 760 g/mol. The van der Waals surface area contributed by atoms with Gasteiger partial charge in [-0.2, -0.15) is 0 Å². The summed E-state index contributed by atoms with van der Waals surface area (Å²) in [5.74, 6) is -1.12. The third-order valence-corrected chi connectivity index (χ3v) is 14.6. The van der Waals surface area contributed by atoms with E-state index in [9.17, 15) is 20.1 Å². The zero-order valence-electron chi connectivity index (χ0n) is 34.9. The quantitative estimate of drug-likeness (QED) is 0.227. The molecule has 58 heavy (non-hydrogen) atoms. The summed E-state index contributed by atoms with van der Waals surface area (Å²) in [5.41, 5.74) is 2.23. The second kappa shape index (κ2) is 16.8. The highest BCUT2D eigenvalue weighted by Gasteiger charge is 2.58. The van der Waals surface area contributed by atoms with Gasteiger partial charge in [0.2, 0.25) is 5.79 Å². The van der Waals surface area contributed by atoms with Crippen LogP contribution in [0.4, 0.5) is 0 Å². The van der Waals surface area contributed by atoms with Gasteiger partial charge in [0.1, 0.15) is 48.8 Å². The van der Waals surface area contributed by atoms with Gasteiger partial charge in [-0.05, 0) is 76.2 Å². The second-order valence-corrected chi connectivity index (χ2v) is 18.0. The molecule has 0 aromatic heterocycles. The molecule has 0 spiro atoms. The number of aliphatic hydroxyl groups excluding tert-OH is 3. The summed E-state index contributed by atoms with van der Waals surface area (Å²) >= 11 is 0. The Kier molecular flexibility index (Phi) is 12.5. The summed E-state index contributed by atoms with van der Waals surface area (Å²) in [6.07, 6.45) is -3.17. The number of aliphatic hydroxyl groups is 3. The lowest BCUT2D eigenvalue weighted by Gasteiger charge is -2.51. The average molecular weight is 825 g/mol. The smallest absolute Gasteiger partial charge is 0.309 e. The molecule has 6 aliphatic heterocycles.